The van der Waals surface area contributed by atoms with Gasteiger partial charge in [-0.15, -0.1) is 0 Å². The molecule has 0 spiro atoms. The highest BCUT2D eigenvalue weighted by Crippen LogP contribution is 2.55. The zero-order chi connectivity index (χ0) is 41.6. The van der Waals surface area contributed by atoms with Crippen LogP contribution >= 0.6 is 0 Å². The molecule has 0 saturated carbocycles. The lowest BCUT2D eigenvalue weighted by Crippen LogP contribution is -2.78. The maximum atomic E-state index is 13.2. The molecule has 14 nitrogen and oxygen atoms in total. The Morgan fingerprint density at radius 1 is 0.807 bits per heavy atom. The van der Waals surface area contributed by atoms with E-state index >= 15 is 0 Å². The summed E-state index contributed by atoms with van der Waals surface area (Å²) in [7, 11) is 0. The normalized spacial score (nSPS) is 26.6. The molecule has 2 fully saturated rings. The van der Waals surface area contributed by atoms with Crippen molar-refractivity contribution in [2.45, 2.75) is 132 Å². The van der Waals surface area contributed by atoms with Crippen molar-refractivity contribution in [3.05, 3.63) is 83.9 Å². The third kappa shape index (κ3) is 10.7. The van der Waals surface area contributed by atoms with E-state index in [0.717, 1.165) is 43.2 Å². The molecule has 4 rings (SSSR count). The lowest BCUT2D eigenvalue weighted by Gasteiger charge is -2.48. The third-order valence-corrected chi connectivity index (χ3v) is 10.6. The Balaban J connectivity index is 1.42. The molecule has 2 aliphatic heterocycles. The summed E-state index contributed by atoms with van der Waals surface area (Å²) in [6.07, 6.45) is 5.37. The Bertz CT molecular complexity index is 1730. The minimum Gasteiger partial charge on any atom is -0.479 e. The van der Waals surface area contributed by atoms with Gasteiger partial charge >= 0.3 is 29.8 Å². The number of unbranched alkanes of at least 4 members (excludes halogenated alkanes) is 6. The van der Waals surface area contributed by atoms with Crippen LogP contribution in [0.25, 0.3) is 12.2 Å². The SMILES string of the molecule is CC(=O)OC(CCCC12OC(C(=O)O)C(O)(C(=O)O)C(C(=O)O)(O1)C(OC(=O)CCCCCCCC/C=C/c1ccccc1)C2O)C(C)C/C=C/c1ccccc1. The van der Waals surface area contributed by atoms with Crippen LogP contribution in [0.1, 0.15) is 102 Å². The van der Waals surface area contributed by atoms with Crippen LogP contribution < -0.4 is 0 Å². The fourth-order valence-corrected chi connectivity index (χ4v) is 7.53. The first-order valence-electron chi connectivity index (χ1n) is 19.5. The second kappa shape index (κ2) is 20.5. The van der Waals surface area contributed by atoms with Gasteiger partial charge in [0.2, 0.25) is 23.1 Å². The molecule has 2 aliphatic rings. The molecule has 8 atom stereocenters. The summed E-state index contributed by atoms with van der Waals surface area (Å²) in [6, 6.07) is 19.5. The van der Waals surface area contributed by atoms with Gasteiger partial charge in [-0.1, -0.05) is 118 Å². The van der Waals surface area contributed by atoms with Crippen molar-refractivity contribution < 1.29 is 68.5 Å². The van der Waals surface area contributed by atoms with E-state index in [4.69, 9.17) is 18.9 Å². The molecular weight excluding hydrogens is 740 g/mol. The minimum atomic E-state index is -3.85. The number of fused-ring (bicyclic) bond motifs is 2. The number of ether oxygens (including phenoxy) is 4. The highest BCUT2D eigenvalue weighted by molar-refractivity contribution is 5.98. The van der Waals surface area contributed by atoms with Gasteiger partial charge in [-0.2, -0.15) is 0 Å². The fraction of sp³-hybridized carbons (Fsp3) is 0.512. The maximum absolute atomic E-state index is 13.2. The largest absolute Gasteiger partial charge is 0.479 e. The van der Waals surface area contributed by atoms with Crippen LogP contribution in [-0.2, 0) is 42.9 Å². The second-order valence-corrected chi connectivity index (χ2v) is 14.8. The van der Waals surface area contributed by atoms with Crippen LogP contribution in [0.3, 0.4) is 0 Å². The van der Waals surface area contributed by atoms with Crippen LogP contribution in [0.2, 0.25) is 0 Å². The van der Waals surface area contributed by atoms with E-state index in [0.29, 0.717) is 19.3 Å². The third-order valence-electron chi connectivity index (χ3n) is 10.6. The fourth-order valence-electron chi connectivity index (χ4n) is 7.53. The van der Waals surface area contributed by atoms with Crippen molar-refractivity contribution in [2.24, 2.45) is 5.92 Å². The van der Waals surface area contributed by atoms with E-state index in [1.54, 1.807) is 0 Å². The van der Waals surface area contributed by atoms with Crippen LogP contribution in [0, 0.1) is 5.92 Å². The Labute approximate surface area is 332 Å². The summed E-state index contributed by atoms with van der Waals surface area (Å²) in [5.41, 5.74) is -5.24. The van der Waals surface area contributed by atoms with E-state index in [2.05, 4.69) is 12.2 Å². The smallest absolute Gasteiger partial charge is 0.344 e. The Morgan fingerprint density at radius 3 is 1.95 bits per heavy atom. The quantitative estimate of drug-likeness (QED) is 0.0664. The number of benzene rings is 2. The average Bonchev–Trinajstić information content (AvgIpc) is 3.38. The maximum Gasteiger partial charge on any atom is 0.344 e. The average molecular weight is 795 g/mol. The van der Waals surface area contributed by atoms with Gasteiger partial charge in [-0.3, -0.25) is 9.59 Å². The van der Waals surface area contributed by atoms with Gasteiger partial charge in [-0.05, 0) is 55.6 Å². The summed E-state index contributed by atoms with van der Waals surface area (Å²) in [4.78, 5) is 63.2. The first kappa shape index (κ1) is 44.8. The number of carboxylic acid groups (broad SMARTS) is 3. The molecule has 0 radical (unpaired) electrons. The summed E-state index contributed by atoms with van der Waals surface area (Å²) >= 11 is 0. The molecule has 0 amide bonds. The molecule has 0 aliphatic carbocycles. The molecule has 57 heavy (non-hydrogen) atoms. The Morgan fingerprint density at radius 2 is 1.39 bits per heavy atom. The number of aliphatic hydroxyl groups is 2. The predicted octanol–water partition coefficient (Wildman–Crippen LogP) is 5.78. The zero-order valence-corrected chi connectivity index (χ0v) is 32.4. The molecule has 14 heteroatoms. The summed E-state index contributed by atoms with van der Waals surface area (Å²) < 4.78 is 22.3. The molecular formula is C43H54O14. The number of carboxylic acids is 3. The highest BCUT2D eigenvalue weighted by atomic mass is 16.8. The zero-order valence-electron chi connectivity index (χ0n) is 32.4. The van der Waals surface area contributed by atoms with Crippen molar-refractivity contribution in [1.29, 1.82) is 0 Å². The molecule has 0 aromatic heterocycles. The molecule has 2 aromatic carbocycles. The number of esters is 2. The van der Waals surface area contributed by atoms with E-state index < -0.39 is 77.7 Å². The van der Waals surface area contributed by atoms with Gasteiger partial charge in [-0.25, -0.2) is 14.4 Å². The number of hydrogen-bond acceptors (Lipinski definition) is 11. The number of allylic oxidation sites excluding steroid dienone is 2. The lowest BCUT2D eigenvalue weighted by atomic mass is 9.74. The van der Waals surface area contributed by atoms with Gasteiger partial charge in [0.15, 0.2) is 6.10 Å². The number of aliphatic carboxylic acids is 3. The Kier molecular flexibility index (Phi) is 16.1. The van der Waals surface area contributed by atoms with Crippen molar-refractivity contribution in [3.8, 4) is 0 Å². The van der Waals surface area contributed by atoms with Gasteiger partial charge in [0.1, 0.15) is 12.2 Å². The van der Waals surface area contributed by atoms with E-state index in [-0.39, 0.29) is 25.2 Å². The van der Waals surface area contributed by atoms with Crippen LogP contribution in [0.4, 0.5) is 0 Å². The first-order chi connectivity index (χ1) is 27.2. The van der Waals surface area contributed by atoms with Gasteiger partial charge in [0, 0.05) is 19.8 Å². The second-order valence-electron chi connectivity index (χ2n) is 14.8. The van der Waals surface area contributed by atoms with E-state index in [1.165, 1.54) is 6.92 Å². The van der Waals surface area contributed by atoms with Gasteiger partial charge in [0.05, 0.1) is 0 Å². The van der Waals surface area contributed by atoms with Crippen molar-refractivity contribution in [2.75, 3.05) is 0 Å². The van der Waals surface area contributed by atoms with Crippen molar-refractivity contribution in [1.82, 2.24) is 0 Å². The number of carbonyl (C=O) groups excluding carboxylic acids is 2. The standard InChI is InChI=1S/C43H54O14/c1-29(19-17-25-32-23-14-10-15-24-32)33(54-30(2)44)26-18-28-41-35(46)36(43(57-41,40(51)52)42(53,39(49)50)37(56-41)38(47)48)55-34(45)27-16-8-6-4-3-5-7-11-20-31-21-12-9-13-22-31/h9-15,17,20-25,29,33,35-37,46,53H,3-8,16,18-19,26-28H2,1-2H3,(H,47,48)(H,49,50)(H,51,52)/b20-11+,25-17+. The van der Waals surface area contributed by atoms with E-state index in [1.807, 2.05) is 79.7 Å². The molecule has 2 bridgehead atoms. The predicted molar refractivity (Wildman–Crippen MR) is 206 cm³/mol. The monoisotopic (exact) mass is 794 g/mol. The summed E-state index contributed by atoms with van der Waals surface area (Å²) in [5, 5.41) is 53.8. The molecule has 5 N–H and O–H groups in total. The number of aliphatic hydroxyl groups excluding tert-OH is 1. The molecule has 310 valence electrons. The van der Waals surface area contributed by atoms with Crippen LogP contribution in [0.15, 0.2) is 72.8 Å². The Hall–Kier alpha value is -4.89. The highest BCUT2D eigenvalue weighted by Gasteiger charge is 2.85. The molecule has 2 saturated heterocycles. The van der Waals surface area contributed by atoms with E-state index in [9.17, 15) is 49.5 Å². The molecule has 2 aromatic rings. The number of rotatable bonds is 23. The van der Waals surface area contributed by atoms with Gasteiger partial charge < -0.3 is 44.5 Å². The van der Waals surface area contributed by atoms with Crippen LogP contribution in [0.5, 0.6) is 0 Å². The lowest BCUT2D eigenvalue weighted by molar-refractivity contribution is -0.374. The van der Waals surface area contributed by atoms with Crippen molar-refractivity contribution in [3.63, 3.8) is 0 Å². The van der Waals surface area contributed by atoms with Crippen molar-refractivity contribution >= 4 is 42.0 Å². The van der Waals surface area contributed by atoms with Gasteiger partial charge in [0.25, 0.3) is 0 Å². The van der Waals surface area contributed by atoms with Crippen LogP contribution in [-0.4, -0.2) is 96.8 Å². The molecule has 2 heterocycles. The summed E-state index contributed by atoms with van der Waals surface area (Å²) in [6.45, 7) is 3.09. The number of hydrogen-bond donors (Lipinski definition) is 5. The summed E-state index contributed by atoms with van der Waals surface area (Å²) in [5.74, 6) is -10.9. The topological polar surface area (TPSA) is 223 Å². The number of carbonyl (C=O) groups is 5. The minimum absolute atomic E-state index is 0.0285. The first-order valence-corrected chi connectivity index (χ1v) is 19.5. The molecule has 8 unspecified atom stereocenters.